The van der Waals surface area contributed by atoms with E-state index in [1.54, 1.807) is 19.1 Å². The van der Waals surface area contributed by atoms with Crippen LogP contribution in [0, 0.1) is 12.3 Å². The van der Waals surface area contributed by atoms with Crippen LogP contribution >= 0.6 is 27.3 Å². The minimum atomic E-state index is -4.79. The number of benzene rings is 2. The number of nitrogen functional groups attached to an aromatic ring is 1. The topological polar surface area (TPSA) is 150 Å². The Morgan fingerprint density at radius 2 is 1.97 bits per heavy atom. The van der Waals surface area contributed by atoms with Crippen LogP contribution in [0.25, 0.3) is 22.3 Å². The van der Waals surface area contributed by atoms with E-state index in [1.165, 1.54) is 40.3 Å². The summed E-state index contributed by atoms with van der Waals surface area (Å²) in [5, 5.41) is 22.9. The van der Waals surface area contributed by atoms with Crippen molar-refractivity contribution < 1.29 is 27.2 Å². The van der Waals surface area contributed by atoms with E-state index in [4.69, 9.17) is 20.4 Å². The Morgan fingerprint density at radius 3 is 2.65 bits per heavy atom. The van der Waals surface area contributed by atoms with Crippen LogP contribution in [0.3, 0.4) is 0 Å². The summed E-state index contributed by atoms with van der Waals surface area (Å²) in [5.41, 5.74) is 5.77. The number of halogens is 4. The first-order chi connectivity index (χ1) is 17.5. The number of hydrogen-bond donors (Lipinski definition) is 3. The molecule has 0 aliphatic carbocycles. The first-order valence-corrected chi connectivity index (χ1v) is 11.8. The monoisotopic (exact) mass is 594 g/mol. The molecule has 0 saturated heterocycles. The van der Waals surface area contributed by atoms with Crippen LogP contribution < -0.4 is 20.6 Å². The summed E-state index contributed by atoms with van der Waals surface area (Å²) in [6, 6.07) is 9.57. The van der Waals surface area contributed by atoms with E-state index < -0.39 is 23.8 Å². The van der Waals surface area contributed by atoms with Gasteiger partial charge in [0, 0.05) is 16.2 Å². The SMILES string of the molecule is Cc1nn(-c2ccc(NC(=O)Oc3cc(C(F)(F)F)nn3-c3ccc4onc(N)c4c3)cc2Br)c(=N)s1. The van der Waals surface area contributed by atoms with Crippen LogP contribution in [0.2, 0.25) is 0 Å². The van der Waals surface area contributed by atoms with Crippen LogP contribution in [0.1, 0.15) is 10.7 Å². The predicted molar refractivity (Wildman–Crippen MR) is 130 cm³/mol. The molecule has 0 radical (unpaired) electrons. The molecule has 4 N–H and O–H groups in total. The van der Waals surface area contributed by atoms with Crippen molar-refractivity contribution in [3.63, 3.8) is 0 Å². The van der Waals surface area contributed by atoms with Gasteiger partial charge in [-0.25, -0.2) is 9.48 Å². The van der Waals surface area contributed by atoms with E-state index in [0.29, 0.717) is 32.2 Å². The first-order valence-electron chi connectivity index (χ1n) is 10.2. The van der Waals surface area contributed by atoms with Gasteiger partial charge in [-0.3, -0.25) is 10.7 Å². The Labute approximate surface area is 216 Å². The Balaban J connectivity index is 1.43. The fraction of sp³-hybridized carbons (Fsp3) is 0.0952. The number of alkyl halides is 3. The maximum Gasteiger partial charge on any atom is 0.435 e. The summed E-state index contributed by atoms with van der Waals surface area (Å²) < 4.78 is 53.2. The van der Waals surface area contributed by atoms with Crippen molar-refractivity contribution in [3.05, 3.63) is 62.4 Å². The number of nitrogens with two attached hydrogens (primary N) is 1. The van der Waals surface area contributed by atoms with Crippen LogP contribution in [-0.2, 0) is 6.18 Å². The van der Waals surface area contributed by atoms with E-state index in [1.807, 2.05) is 0 Å². The van der Waals surface area contributed by atoms with Gasteiger partial charge in [0.15, 0.2) is 17.1 Å². The Morgan fingerprint density at radius 1 is 1.19 bits per heavy atom. The van der Waals surface area contributed by atoms with Gasteiger partial charge in [0.25, 0.3) is 0 Å². The smallest absolute Gasteiger partial charge is 0.391 e. The fourth-order valence-corrected chi connectivity index (χ4v) is 4.56. The van der Waals surface area contributed by atoms with Crippen molar-refractivity contribution in [2.75, 3.05) is 11.1 Å². The van der Waals surface area contributed by atoms with Crippen molar-refractivity contribution in [2.24, 2.45) is 0 Å². The molecule has 0 spiro atoms. The molecule has 3 heterocycles. The lowest BCUT2D eigenvalue weighted by molar-refractivity contribution is -0.141. The highest BCUT2D eigenvalue weighted by Crippen LogP contribution is 2.33. The van der Waals surface area contributed by atoms with E-state index in [-0.39, 0.29) is 22.0 Å². The molecule has 3 aromatic heterocycles. The number of fused-ring (bicyclic) bond motifs is 1. The number of aromatic nitrogens is 5. The largest absolute Gasteiger partial charge is 0.435 e. The lowest BCUT2D eigenvalue weighted by atomic mass is 10.2. The van der Waals surface area contributed by atoms with Crippen LogP contribution in [0.4, 0.5) is 29.5 Å². The van der Waals surface area contributed by atoms with Gasteiger partial charge in [-0.15, -0.1) is 0 Å². The zero-order valence-corrected chi connectivity index (χ0v) is 20.9. The van der Waals surface area contributed by atoms with E-state index in [0.717, 1.165) is 4.68 Å². The summed E-state index contributed by atoms with van der Waals surface area (Å²) in [7, 11) is 0. The third-order valence-corrected chi connectivity index (χ3v) is 6.37. The fourth-order valence-electron chi connectivity index (χ4n) is 3.39. The molecule has 0 fully saturated rings. The van der Waals surface area contributed by atoms with Gasteiger partial charge in [0.2, 0.25) is 10.7 Å². The van der Waals surface area contributed by atoms with Crippen molar-refractivity contribution in [2.45, 2.75) is 13.1 Å². The van der Waals surface area contributed by atoms with Crippen molar-refractivity contribution in [1.29, 1.82) is 5.41 Å². The highest BCUT2D eigenvalue weighted by atomic mass is 79.9. The molecule has 0 bridgehead atoms. The molecule has 190 valence electrons. The molecule has 11 nitrogen and oxygen atoms in total. The van der Waals surface area contributed by atoms with Gasteiger partial charge in [-0.2, -0.15) is 28.1 Å². The van der Waals surface area contributed by atoms with E-state index >= 15 is 0 Å². The molecule has 0 aliphatic rings. The van der Waals surface area contributed by atoms with Crippen LogP contribution in [0.5, 0.6) is 5.88 Å². The normalized spacial score (nSPS) is 11.7. The third kappa shape index (κ3) is 4.79. The lowest BCUT2D eigenvalue weighted by Crippen LogP contribution is -2.19. The summed E-state index contributed by atoms with van der Waals surface area (Å²) in [5.74, 6) is -0.444. The molecule has 5 rings (SSSR count). The second kappa shape index (κ2) is 9.04. The summed E-state index contributed by atoms with van der Waals surface area (Å²) in [4.78, 5) is 12.8. The molecule has 5 aromatic rings. The third-order valence-electron chi connectivity index (χ3n) is 4.99. The quantitative estimate of drug-likeness (QED) is 0.264. The minimum absolute atomic E-state index is 0.0396. The van der Waals surface area contributed by atoms with Crippen molar-refractivity contribution in [3.8, 4) is 17.3 Å². The second-order valence-electron chi connectivity index (χ2n) is 7.54. The van der Waals surface area contributed by atoms with Gasteiger partial charge in [0.05, 0.1) is 16.8 Å². The maximum atomic E-state index is 13.4. The first kappa shape index (κ1) is 24.5. The van der Waals surface area contributed by atoms with E-state index in [2.05, 4.69) is 36.6 Å². The number of nitrogens with zero attached hydrogens (tertiary/aromatic N) is 5. The minimum Gasteiger partial charge on any atom is -0.391 e. The number of hydrogen-bond acceptors (Lipinski definition) is 9. The van der Waals surface area contributed by atoms with Crippen molar-refractivity contribution in [1.82, 2.24) is 24.7 Å². The number of carbonyl (C=O) groups excluding carboxylic acids is 1. The highest BCUT2D eigenvalue weighted by Gasteiger charge is 2.36. The number of amides is 1. The number of carbonyl (C=O) groups is 1. The molecule has 1 amide bonds. The van der Waals surface area contributed by atoms with Crippen molar-refractivity contribution >= 4 is 55.8 Å². The number of anilines is 2. The van der Waals surface area contributed by atoms with Gasteiger partial charge in [0.1, 0.15) is 5.01 Å². The molecule has 16 heteroatoms. The Kier molecular flexibility index (Phi) is 5.99. The molecule has 2 aromatic carbocycles. The number of nitrogens with one attached hydrogen (secondary N) is 2. The zero-order valence-electron chi connectivity index (χ0n) is 18.5. The summed E-state index contributed by atoms with van der Waals surface area (Å²) in [6.07, 6.45) is -5.85. The zero-order chi connectivity index (χ0) is 26.5. The van der Waals surface area contributed by atoms with E-state index in [9.17, 15) is 18.0 Å². The average Bonchev–Trinajstić information content (AvgIpc) is 3.50. The van der Waals surface area contributed by atoms with Gasteiger partial charge in [-0.05, 0) is 59.3 Å². The lowest BCUT2D eigenvalue weighted by Gasteiger charge is -2.10. The van der Waals surface area contributed by atoms with Gasteiger partial charge < -0.3 is 15.0 Å². The number of aryl methyl sites for hydroxylation is 1. The van der Waals surface area contributed by atoms with Gasteiger partial charge in [-0.1, -0.05) is 16.5 Å². The Bertz CT molecular complexity index is 1720. The van der Waals surface area contributed by atoms with Crippen LogP contribution in [0.15, 0.2) is 51.5 Å². The summed E-state index contributed by atoms with van der Waals surface area (Å²) in [6.45, 7) is 1.77. The average molecular weight is 595 g/mol. The summed E-state index contributed by atoms with van der Waals surface area (Å²) >= 11 is 4.58. The molecular weight excluding hydrogens is 581 g/mol. The highest BCUT2D eigenvalue weighted by molar-refractivity contribution is 9.10. The predicted octanol–water partition coefficient (Wildman–Crippen LogP) is 5.02. The Hall–Kier alpha value is -4.18. The molecule has 37 heavy (non-hydrogen) atoms. The molecule has 0 saturated carbocycles. The molecule has 0 unspecified atom stereocenters. The number of rotatable bonds is 4. The molecular formula is C21H14BrF3N8O3S. The molecule has 0 atom stereocenters. The van der Waals surface area contributed by atoms with Gasteiger partial charge >= 0.3 is 12.3 Å². The standard InChI is InChI=1S/C21H14BrF3N8O3S/c1-9-29-33(19(27)37-9)14-4-2-10(6-13(14)22)28-20(34)35-17-8-16(21(23,24)25)30-32(17)11-3-5-15-12(7-11)18(26)31-36-15/h2-8,27H,1H3,(H2,26,31)(H,28,34). The molecule has 0 aliphatic heterocycles. The number of ether oxygens (including phenoxy) is 1. The second-order valence-corrected chi connectivity index (χ2v) is 9.58. The maximum absolute atomic E-state index is 13.4. The van der Waals surface area contributed by atoms with Crippen LogP contribution in [-0.4, -0.2) is 30.8 Å².